The Hall–Kier alpha value is -5.18. The second kappa shape index (κ2) is 20.5. The van der Waals surface area contributed by atoms with Gasteiger partial charge in [-0.25, -0.2) is 21.6 Å². The van der Waals surface area contributed by atoms with Crippen molar-refractivity contribution in [3.8, 4) is 23.6 Å². The summed E-state index contributed by atoms with van der Waals surface area (Å²) in [4.78, 5) is 15.7. The highest BCUT2D eigenvalue weighted by atomic mass is 35.5. The lowest BCUT2D eigenvalue weighted by Crippen LogP contribution is -2.36. The van der Waals surface area contributed by atoms with Crippen LogP contribution in [0, 0.1) is 18.4 Å². The molecule has 0 aromatic heterocycles. The summed E-state index contributed by atoms with van der Waals surface area (Å²) in [5, 5.41) is 15.0. The fourth-order valence-electron chi connectivity index (χ4n) is 7.33. The monoisotopic (exact) mass is 938 g/mol. The highest BCUT2D eigenvalue weighted by Gasteiger charge is 2.48. The third kappa shape index (κ3) is 11.7. The molecule has 2 atom stereocenters. The number of sulfonamides is 1. The van der Waals surface area contributed by atoms with E-state index in [1.807, 2.05) is 90.5 Å². The van der Waals surface area contributed by atoms with Gasteiger partial charge < -0.3 is 20.2 Å². The Morgan fingerprint density at radius 3 is 2.22 bits per heavy atom. The predicted octanol–water partition coefficient (Wildman–Crippen LogP) is 9.24. The molecule has 1 heterocycles. The number of alkyl halides is 3. The van der Waals surface area contributed by atoms with Crippen molar-refractivity contribution in [2.75, 3.05) is 42.1 Å². The zero-order valence-corrected chi connectivity index (χ0v) is 37.3. The molecule has 0 aliphatic carbocycles. The molecule has 0 saturated carbocycles. The fraction of sp³-hybridized carbons (Fsp3) is 0.283. The summed E-state index contributed by atoms with van der Waals surface area (Å²) in [5.74, 6) is -0.793. The molecule has 0 unspecified atom stereocenters. The van der Waals surface area contributed by atoms with Crippen LogP contribution in [0.2, 0.25) is 5.02 Å². The van der Waals surface area contributed by atoms with Gasteiger partial charge in [0.25, 0.3) is 25.8 Å². The van der Waals surface area contributed by atoms with Crippen molar-refractivity contribution in [2.45, 2.75) is 58.5 Å². The average molecular weight is 940 g/mol. The Kier molecular flexibility index (Phi) is 15.4. The van der Waals surface area contributed by atoms with Gasteiger partial charge in [-0.2, -0.15) is 13.2 Å². The third-order valence-electron chi connectivity index (χ3n) is 10.9. The van der Waals surface area contributed by atoms with Crippen LogP contribution in [0.15, 0.2) is 136 Å². The molecule has 17 heteroatoms. The summed E-state index contributed by atoms with van der Waals surface area (Å²) in [6, 6.07) is 34.7. The topological polar surface area (TPSA) is 136 Å². The van der Waals surface area contributed by atoms with Crippen molar-refractivity contribution in [1.29, 1.82) is 0 Å². The molecule has 10 nitrogen and oxygen atoms in total. The SMILES string of the molecule is C#CN(CC)CC[C@H](CSc1ccccc1)Nc1ccc(S(=O)(=O)NC(=O)c2ccc(N3CCC([C@@H](O)c4ccccc4-c4ccc(Cl)cc4)CC3)cc2)cc1S(=O)(=O)C(F)(F)F. The van der Waals surface area contributed by atoms with Crippen molar-refractivity contribution in [2.24, 2.45) is 5.92 Å². The van der Waals surface area contributed by atoms with E-state index in [9.17, 15) is 39.9 Å². The van der Waals surface area contributed by atoms with E-state index in [1.165, 1.54) is 23.9 Å². The van der Waals surface area contributed by atoms with Gasteiger partial charge in [-0.15, -0.1) is 11.8 Å². The summed E-state index contributed by atoms with van der Waals surface area (Å²) < 4.78 is 97.1. The lowest BCUT2D eigenvalue weighted by atomic mass is 9.84. The van der Waals surface area contributed by atoms with Crippen LogP contribution in [0.1, 0.15) is 48.2 Å². The summed E-state index contributed by atoms with van der Waals surface area (Å²) in [5.41, 5.74) is -2.83. The molecule has 0 bridgehead atoms. The molecular weight excluding hydrogens is 893 g/mol. The van der Waals surface area contributed by atoms with Gasteiger partial charge >= 0.3 is 5.51 Å². The molecule has 1 aliphatic rings. The molecule has 0 radical (unpaired) electrons. The highest BCUT2D eigenvalue weighted by Crippen LogP contribution is 2.39. The highest BCUT2D eigenvalue weighted by molar-refractivity contribution is 7.99. The van der Waals surface area contributed by atoms with Gasteiger partial charge in [0.1, 0.15) is 4.90 Å². The van der Waals surface area contributed by atoms with E-state index < -0.39 is 58.9 Å². The van der Waals surface area contributed by atoms with Gasteiger partial charge in [-0.3, -0.25) is 4.79 Å². The molecule has 1 aliphatic heterocycles. The zero-order chi connectivity index (χ0) is 45.4. The van der Waals surface area contributed by atoms with Gasteiger partial charge in [0, 0.05) is 65.2 Å². The third-order valence-corrected chi connectivity index (χ3v) is 15.1. The Balaban J connectivity index is 1.14. The first-order valence-electron chi connectivity index (χ1n) is 20.1. The van der Waals surface area contributed by atoms with E-state index in [0.29, 0.717) is 62.3 Å². The van der Waals surface area contributed by atoms with Crippen molar-refractivity contribution in [1.82, 2.24) is 9.62 Å². The van der Waals surface area contributed by atoms with Crippen molar-refractivity contribution in [3.05, 3.63) is 137 Å². The van der Waals surface area contributed by atoms with Gasteiger partial charge in [0.05, 0.1) is 16.7 Å². The summed E-state index contributed by atoms with van der Waals surface area (Å²) in [6.45, 7) is 3.89. The number of terminal acetylenes is 1. The molecule has 1 saturated heterocycles. The van der Waals surface area contributed by atoms with Gasteiger partial charge in [0.2, 0.25) is 0 Å². The number of rotatable bonds is 17. The maximum absolute atomic E-state index is 14.1. The Bertz CT molecular complexity index is 2620. The Morgan fingerprint density at radius 2 is 1.59 bits per heavy atom. The number of sulfone groups is 1. The van der Waals surface area contributed by atoms with E-state index in [4.69, 9.17) is 18.0 Å². The number of halogens is 4. The van der Waals surface area contributed by atoms with Crippen LogP contribution in [-0.2, 0) is 19.9 Å². The number of anilines is 2. The maximum atomic E-state index is 14.1. The largest absolute Gasteiger partial charge is 0.501 e. The number of benzene rings is 5. The summed E-state index contributed by atoms with van der Waals surface area (Å²) >= 11 is 7.48. The van der Waals surface area contributed by atoms with Crippen LogP contribution < -0.4 is 14.9 Å². The zero-order valence-electron chi connectivity index (χ0n) is 34.1. The molecule has 5 aromatic carbocycles. The molecule has 332 valence electrons. The second-order valence-corrected chi connectivity index (χ2v) is 20.0. The van der Waals surface area contributed by atoms with E-state index in [1.54, 1.807) is 17.0 Å². The van der Waals surface area contributed by atoms with Crippen molar-refractivity contribution < 1.29 is 39.9 Å². The minimum atomic E-state index is -6.09. The number of thioether (sulfide) groups is 1. The number of nitrogens with zero attached hydrogens (tertiary/aromatic N) is 2. The minimum Gasteiger partial charge on any atom is -0.388 e. The van der Waals surface area contributed by atoms with Crippen molar-refractivity contribution >= 4 is 60.5 Å². The number of aliphatic hydroxyl groups excluding tert-OH is 1. The van der Waals surface area contributed by atoms with Crippen LogP contribution in [0.4, 0.5) is 24.5 Å². The number of nitrogens with one attached hydrogen (secondary N) is 2. The number of hydrogen-bond acceptors (Lipinski definition) is 10. The molecule has 63 heavy (non-hydrogen) atoms. The quantitative estimate of drug-likeness (QED) is 0.0471. The average Bonchev–Trinajstić information content (AvgIpc) is 3.28. The Labute approximate surface area is 375 Å². The number of hydrogen-bond donors (Lipinski definition) is 3. The first-order valence-corrected chi connectivity index (χ1v) is 24.4. The first-order chi connectivity index (χ1) is 30.0. The van der Waals surface area contributed by atoms with E-state index in [-0.39, 0.29) is 11.5 Å². The van der Waals surface area contributed by atoms with Gasteiger partial charge in [-0.05, 0) is 116 Å². The molecule has 1 fully saturated rings. The predicted molar refractivity (Wildman–Crippen MR) is 243 cm³/mol. The van der Waals surface area contributed by atoms with Crippen LogP contribution in [0.25, 0.3) is 11.1 Å². The van der Waals surface area contributed by atoms with Gasteiger partial charge in [-0.1, -0.05) is 72.6 Å². The van der Waals surface area contributed by atoms with Crippen LogP contribution in [-0.4, -0.2) is 76.2 Å². The molecule has 0 spiro atoms. The minimum absolute atomic E-state index is 0.0212. The Morgan fingerprint density at radius 1 is 0.937 bits per heavy atom. The lowest BCUT2D eigenvalue weighted by Gasteiger charge is -2.36. The maximum Gasteiger partial charge on any atom is 0.501 e. The van der Waals surface area contributed by atoms with Crippen LogP contribution >= 0.6 is 23.4 Å². The number of carbonyl (C=O) groups excluding carboxylic acids is 1. The first kappa shape index (κ1) is 47.3. The van der Waals surface area contributed by atoms with E-state index in [0.717, 1.165) is 39.4 Å². The molecule has 1 amide bonds. The fourth-order valence-corrected chi connectivity index (χ4v) is 10.5. The summed E-state index contributed by atoms with van der Waals surface area (Å²) in [6.07, 6.45) is 6.53. The standard InChI is InChI=1S/C46H46ClF3N4O6S3/c1-3-53(4-2)27-26-36(31-61-38-10-6-5-7-11-38)51-42-23-22-39(30-43(42)62(57,58)46(48,49)50)63(59,60)52-45(56)34-16-20-37(21-17-34)54-28-24-33(25-29-54)44(55)41-13-9-8-12-40(41)32-14-18-35(47)19-15-32/h1,5-23,30,33,36,44,51,55H,4,24-29,31H2,2H3,(H,52,56)/t36-,44-/m1/s1. The number of piperidine rings is 1. The van der Waals surface area contributed by atoms with E-state index in [2.05, 4.69) is 16.3 Å². The van der Waals surface area contributed by atoms with E-state index >= 15 is 0 Å². The molecule has 3 N–H and O–H groups in total. The second-order valence-electron chi connectivity index (χ2n) is 14.9. The normalized spacial score (nSPS) is 14.7. The van der Waals surface area contributed by atoms with Crippen molar-refractivity contribution in [3.63, 3.8) is 0 Å². The number of carbonyl (C=O) groups is 1. The molecule has 6 rings (SSSR count). The summed E-state index contributed by atoms with van der Waals surface area (Å²) in [7, 11) is -11.0. The smallest absolute Gasteiger partial charge is 0.388 e. The van der Waals surface area contributed by atoms with Gasteiger partial charge in [0.15, 0.2) is 0 Å². The van der Waals surface area contributed by atoms with Crippen LogP contribution in [0.5, 0.6) is 0 Å². The number of aliphatic hydroxyl groups is 1. The van der Waals surface area contributed by atoms with Crippen LogP contribution in [0.3, 0.4) is 0 Å². The number of amides is 1. The molecule has 5 aromatic rings. The lowest BCUT2D eigenvalue weighted by molar-refractivity contribution is -0.0435. The molecular formula is C46H46ClF3N4O6S3.